The van der Waals surface area contributed by atoms with Crippen molar-refractivity contribution >= 4 is 28.2 Å². The van der Waals surface area contributed by atoms with Crippen molar-refractivity contribution in [3.8, 4) is 0 Å². The summed E-state index contributed by atoms with van der Waals surface area (Å²) in [7, 11) is 0. The van der Waals surface area contributed by atoms with Gasteiger partial charge in [0.2, 0.25) is 0 Å². The maximum atomic E-state index is 12.5. The van der Waals surface area contributed by atoms with Crippen molar-refractivity contribution in [3.05, 3.63) is 16.0 Å². The van der Waals surface area contributed by atoms with Crippen LogP contribution in [0.25, 0.3) is 0 Å². The van der Waals surface area contributed by atoms with Crippen molar-refractivity contribution in [2.75, 3.05) is 31.6 Å². The number of nitrogens with one attached hydrogen (secondary N) is 2. The molecule has 2 aliphatic rings. The molecule has 138 valence electrons. The SMILES string of the molecule is CCOC(=O)c1c(NC(=O)C[NH+]2C[C@@H](C)O[C@H](C)C2)sc2c1CCC2. The Hall–Kier alpha value is -1.44. The molecule has 1 fully saturated rings. The normalized spacial score (nSPS) is 25.5. The Morgan fingerprint density at radius 1 is 1.28 bits per heavy atom. The lowest BCUT2D eigenvalue weighted by Crippen LogP contribution is -3.16. The first kappa shape index (κ1) is 18.4. The number of aryl methyl sites for hydroxylation is 1. The number of rotatable bonds is 5. The van der Waals surface area contributed by atoms with Gasteiger partial charge in [-0.15, -0.1) is 11.3 Å². The summed E-state index contributed by atoms with van der Waals surface area (Å²) >= 11 is 1.53. The van der Waals surface area contributed by atoms with E-state index in [1.807, 2.05) is 13.8 Å². The second-order valence-corrected chi connectivity index (χ2v) is 8.03. The largest absolute Gasteiger partial charge is 0.462 e. The summed E-state index contributed by atoms with van der Waals surface area (Å²) in [6.45, 7) is 8.25. The highest BCUT2D eigenvalue weighted by atomic mass is 32.1. The van der Waals surface area contributed by atoms with E-state index in [1.165, 1.54) is 21.1 Å². The summed E-state index contributed by atoms with van der Waals surface area (Å²) in [5.41, 5.74) is 1.64. The molecule has 0 unspecified atom stereocenters. The van der Waals surface area contributed by atoms with Crippen LogP contribution >= 0.6 is 11.3 Å². The van der Waals surface area contributed by atoms with Crippen LogP contribution in [-0.2, 0) is 27.1 Å². The van der Waals surface area contributed by atoms with Gasteiger partial charge >= 0.3 is 5.97 Å². The van der Waals surface area contributed by atoms with E-state index in [0.717, 1.165) is 37.9 Å². The lowest BCUT2D eigenvalue weighted by molar-refractivity contribution is -0.907. The van der Waals surface area contributed by atoms with Crippen LogP contribution in [0.4, 0.5) is 5.00 Å². The maximum absolute atomic E-state index is 12.5. The van der Waals surface area contributed by atoms with Crippen LogP contribution in [0.5, 0.6) is 0 Å². The minimum absolute atomic E-state index is 0.0539. The highest BCUT2D eigenvalue weighted by Gasteiger charge is 2.30. The first-order chi connectivity index (χ1) is 12.0. The highest BCUT2D eigenvalue weighted by molar-refractivity contribution is 7.17. The molecule has 3 rings (SSSR count). The predicted molar refractivity (Wildman–Crippen MR) is 96.5 cm³/mol. The lowest BCUT2D eigenvalue weighted by atomic mass is 10.1. The first-order valence-electron chi connectivity index (χ1n) is 9.08. The number of esters is 1. The molecule has 0 radical (unpaired) electrons. The minimum Gasteiger partial charge on any atom is -0.462 e. The van der Waals surface area contributed by atoms with Gasteiger partial charge in [0.05, 0.1) is 12.2 Å². The van der Waals surface area contributed by atoms with E-state index in [9.17, 15) is 9.59 Å². The second-order valence-electron chi connectivity index (χ2n) is 6.92. The third kappa shape index (κ3) is 4.22. The number of morpholine rings is 1. The molecule has 1 amide bonds. The van der Waals surface area contributed by atoms with Crippen molar-refractivity contribution < 1.29 is 24.0 Å². The van der Waals surface area contributed by atoms with Crippen molar-refractivity contribution in [1.82, 2.24) is 0 Å². The summed E-state index contributed by atoms with van der Waals surface area (Å²) in [6, 6.07) is 0. The van der Waals surface area contributed by atoms with Crippen molar-refractivity contribution in [2.45, 2.75) is 52.2 Å². The molecule has 1 aliphatic carbocycles. The van der Waals surface area contributed by atoms with Gasteiger partial charge in [-0.2, -0.15) is 0 Å². The van der Waals surface area contributed by atoms with Crippen molar-refractivity contribution in [2.24, 2.45) is 0 Å². The molecule has 1 aromatic heterocycles. The number of anilines is 1. The third-order valence-corrected chi connectivity index (χ3v) is 5.89. The zero-order valence-corrected chi connectivity index (χ0v) is 16.0. The van der Waals surface area contributed by atoms with Crippen LogP contribution in [-0.4, -0.2) is 50.3 Å². The summed E-state index contributed by atoms with van der Waals surface area (Å²) in [6.07, 6.45) is 3.25. The van der Waals surface area contributed by atoms with E-state index >= 15 is 0 Å². The summed E-state index contributed by atoms with van der Waals surface area (Å²) in [4.78, 5) is 27.3. The monoisotopic (exact) mass is 367 g/mol. The minimum atomic E-state index is -0.321. The first-order valence-corrected chi connectivity index (χ1v) is 9.90. The van der Waals surface area contributed by atoms with Crippen LogP contribution in [0, 0.1) is 0 Å². The van der Waals surface area contributed by atoms with Crippen molar-refractivity contribution in [1.29, 1.82) is 0 Å². The summed E-state index contributed by atoms with van der Waals surface area (Å²) < 4.78 is 10.9. The number of fused-ring (bicyclic) bond motifs is 1. The lowest BCUT2D eigenvalue weighted by Gasteiger charge is -2.31. The third-order valence-electron chi connectivity index (χ3n) is 4.68. The fraction of sp³-hybridized carbons (Fsp3) is 0.667. The fourth-order valence-electron chi connectivity index (χ4n) is 3.84. The number of amides is 1. The molecule has 1 saturated heterocycles. The van der Waals surface area contributed by atoms with Gasteiger partial charge in [0, 0.05) is 4.88 Å². The van der Waals surface area contributed by atoms with Gasteiger partial charge in [-0.3, -0.25) is 4.79 Å². The molecule has 0 bridgehead atoms. The molecule has 6 nitrogen and oxygen atoms in total. The molecule has 1 aliphatic heterocycles. The molecule has 0 spiro atoms. The maximum Gasteiger partial charge on any atom is 0.341 e. The number of carbonyl (C=O) groups excluding carboxylic acids is 2. The summed E-state index contributed by atoms with van der Waals surface area (Å²) in [5.74, 6) is -0.375. The summed E-state index contributed by atoms with van der Waals surface area (Å²) in [5, 5.41) is 3.63. The highest BCUT2D eigenvalue weighted by Crippen LogP contribution is 2.39. The zero-order valence-electron chi connectivity index (χ0n) is 15.1. The number of thiophene rings is 1. The number of hydrogen-bond acceptors (Lipinski definition) is 5. The average molecular weight is 367 g/mol. The molecule has 1 aromatic rings. The van der Waals surface area contributed by atoms with E-state index in [1.54, 1.807) is 6.92 Å². The number of quaternary nitrogens is 1. The van der Waals surface area contributed by atoms with Crippen LogP contribution in [0.3, 0.4) is 0 Å². The van der Waals surface area contributed by atoms with Gasteiger partial charge in [0.1, 0.15) is 30.3 Å². The molecular weight excluding hydrogens is 340 g/mol. The van der Waals surface area contributed by atoms with E-state index in [0.29, 0.717) is 23.7 Å². The number of ether oxygens (including phenoxy) is 2. The van der Waals surface area contributed by atoms with Gasteiger partial charge in [0.15, 0.2) is 6.54 Å². The second kappa shape index (κ2) is 7.85. The van der Waals surface area contributed by atoms with Gasteiger partial charge in [-0.25, -0.2) is 4.79 Å². The topological polar surface area (TPSA) is 69.1 Å². The van der Waals surface area contributed by atoms with E-state index in [-0.39, 0.29) is 24.1 Å². The molecule has 2 N–H and O–H groups in total. The van der Waals surface area contributed by atoms with Crippen LogP contribution < -0.4 is 10.2 Å². The smallest absolute Gasteiger partial charge is 0.341 e. The standard InChI is InChI=1S/C18H26N2O4S/c1-4-23-18(22)16-13-6-5-7-14(13)25-17(16)19-15(21)10-20-8-11(2)24-12(3)9-20/h11-12H,4-10H2,1-3H3,(H,19,21)/p+1/t11-,12-/m1/s1. The Labute approximate surface area is 152 Å². The van der Waals surface area contributed by atoms with Gasteiger partial charge in [0.25, 0.3) is 5.91 Å². The Balaban J connectivity index is 1.70. The van der Waals surface area contributed by atoms with E-state index in [2.05, 4.69) is 5.32 Å². The van der Waals surface area contributed by atoms with Gasteiger partial charge < -0.3 is 19.7 Å². The van der Waals surface area contributed by atoms with Crippen LogP contribution in [0.1, 0.15) is 48.0 Å². The fourth-order valence-corrected chi connectivity index (χ4v) is 5.14. The Bertz CT molecular complexity index is 648. The average Bonchev–Trinajstić information content (AvgIpc) is 3.06. The van der Waals surface area contributed by atoms with Crippen molar-refractivity contribution in [3.63, 3.8) is 0 Å². The molecular formula is C18H27N2O4S+. The Morgan fingerprint density at radius 2 is 2.00 bits per heavy atom. The predicted octanol–water partition coefficient (Wildman–Crippen LogP) is 1.04. The van der Waals surface area contributed by atoms with Crippen LogP contribution in [0.15, 0.2) is 0 Å². The molecule has 2 atom stereocenters. The number of carbonyl (C=O) groups is 2. The van der Waals surface area contributed by atoms with Crippen LogP contribution in [0.2, 0.25) is 0 Å². The number of hydrogen-bond donors (Lipinski definition) is 2. The molecule has 2 heterocycles. The quantitative estimate of drug-likeness (QED) is 0.763. The van der Waals surface area contributed by atoms with E-state index < -0.39 is 0 Å². The Kier molecular flexibility index (Phi) is 5.76. The van der Waals surface area contributed by atoms with Gasteiger partial charge in [-0.05, 0) is 45.6 Å². The molecule has 7 heteroatoms. The Morgan fingerprint density at radius 3 is 2.68 bits per heavy atom. The zero-order chi connectivity index (χ0) is 18.0. The molecule has 25 heavy (non-hydrogen) atoms. The molecule has 0 saturated carbocycles. The van der Waals surface area contributed by atoms with E-state index in [4.69, 9.17) is 9.47 Å². The molecule has 0 aromatic carbocycles. The van der Waals surface area contributed by atoms with Gasteiger partial charge in [-0.1, -0.05) is 0 Å².